The predicted octanol–water partition coefficient (Wildman–Crippen LogP) is 2.71. The monoisotopic (exact) mass is 300 g/mol. The lowest BCUT2D eigenvalue weighted by Gasteiger charge is -2.32. The van der Waals surface area contributed by atoms with Crippen LogP contribution in [0, 0.1) is 11.8 Å². The standard InChI is InChI=1S/C16H28O5/c1-10(2)20-15(17)14(16(18)21-11(3)4)12-7-6-8-13(9-12)19-5/h10-14H,6-9H2,1-5H3. The van der Waals surface area contributed by atoms with Crippen LogP contribution < -0.4 is 0 Å². The van der Waals surface area contributed by atoms with E-state index in [1.54, 1.807) is 34.8 Å². The van der Waals surface area contributed by atoms with Crippen LogP contribution in [0.25, 0.3) is 0 Å². The summed E-state index contributed by atoms with van der Waals surface area (Å²) in [5, 5.41) is 0. The van der Waals surface area contributed by atoms with E-state index in [-0.39, 0.29) is 24.2 Å². The summed E-state index contributed by atoms with van der Waals surface area (Å²) in [6.07, 6.45) is 3.06. The number of carbonyl (C=O) groups is 2. The van der Waals surface area contributed by atoms with E-state index >= 15 is 0 Å². The van der Waals surface area contributed by atoms with E-state index in [0.717, 1.165) is 19.3 Å². The zero-order chi connectivity index (χ0) is 16.0. The highest BCUT2D eigenvalue weighted by molar-refractivity contribution is 5.95. The molecule has 0 N–H and O–H groups in total. The third-order valence-electron chi connectivity index (χ3n) is 3.68. The molecule has 122 valence electrons. The lowest BCUT2D eigenvalue weighted by molar-refractivity contribution is -0.170. The molecule has 0 aliphatic heterocycles. The van der Waals surface area contributed by atoms with Gasteiger partial charge in [0.1, 0.15) is 0 Å². The van der Waals surface area contributed by atoms with E-state index in [0.29, 0.717) is 6.42 Å². The van der Waals surface area contributed by atoms with E-state index in [1.165, 1.54) is 0 Å². The molecule has 0 aromatic carbocycles. The van der Waals surface area contributed by atoms with Gasteiger partial charge in [0, 0.05) is 7.11 Å². The number of esters is 2. The van der Waals surface area contributed by atoms with Gasteiger partial charge in [-0.2, -0.15) is 0 Å². The Morgan fingerprint density at radius 2 is 1.48 bits per heavy atom. The molecule has 0 aromatic rings. The fourth-order valence-corrected chi connectivity index (χ4v) is 2.79. The summed E-state index contributed by atoms with van der Waals surface area (Å²) < 4.78 is 15.9. The topological polar surface area (TPSA) is 61.8 Å². The first-order valence-electron chi connectivity index (χ1n) is 7.78. The van der Waals surface area contributed by atoms with Gasteiger partial charge in [-0.15, -0.1) is 0 Å². The summed E-state index contributed by atoms with van der Waals surface area (Å²) in [5.74, 6) is -1.86. The Labute approximate surface area is 127 Å². The molecule has 5 heteroatoms. The minimum absolute atomic E-state index is 0.0683. The molecule has 0 spiro atoms. The molecule has 1 aliphatic rings. The Kier molecular flexibility index (Phi) is 7.15. The fraction of sp³-hybridized carbons (Fsp3) is 0.875. The molecule has 1 fully saturated rings. The SMILES string of the molecule is COC1CCCC(C(C(=O)OC(C)C)C(=O)OC(C)C)C1. The van der Waals surface area contributed by atoms with E-state index in [4.69, 9.17) is 14.2 Å². The van der Waals surface area contributed by atoms with Gasteiger partial charge in [-0.1, -0.05) is 6.42 Å². The van der Waals surface area contributed by atoms with Crippen molar-refractivity contribution < 1.29 is 23.8 Å². The molecule has 0 heterocycles. The van der Waals surface area contributed by atoms with Crippen LogP contribution in [0.1, 0.15) is 53.4 Å². The molecular weight excluding hydrogens is 272 g/mol. The van der Waals surface area contributed by atoms with E-state index < -0.39 is 17.9 Å². The molecule has 0 bridgehead atoms. The van der Waals surface area contributed by atoms with Crippen LogP contribution in [0.15, 0.2) is 0 Å². The zero-order valence-electron chi connectivity index (χ0n) is 13.8. The lowest BCUT2D eigenvalue weighted by atomic mass is 9.78. The van der Waals surface area contributed by atoms with E-state index in [2.05, 4.69) is 0 Å². The Morgan fingerprint density at radius 1 is 0.952 bits per heavy atom. The molecule has 0 amide bonds. The number of ether oxygens (including phenoxy) is 3. The van der Waals surface area contributed by atoms with Gasteiger partial charge >= 0.3 is 11.9 Å². The second-order valence-electron chi connectivity index (χ2n) is 6.23. The van der Waals surface area contributed by atoms with Crippen LogP contribution in [0.2, 0.25) is 0 Å². The number of hydrogen-bond donors (Lipinski definition) is 0. The number of carbonyl (C=O) groups excluding carboxylic acids is 2. The summed E-state index contributed by atoms with van der Waals surface area (Å²) >= 11 is 0. The highest BCUT2D eigenvalue weighted by Crippen LogP contribution is 2.33. The van der Waals surface area contributed by atoms with Gasteiger partial charge in [0.2, 0.25) is 0 Å². The first-order chi connectivity index (χ1) is 9.85. The Balaban J connectivity index is 2.84. The van der Waals surface area contributed by atoms with Crippen molar-refractivity contribution in [1.29, 1.82) is 0 Å². The van der Waals surface area contributed by atoms with Gasteiger partial charge in [-0.25, -0.2) is 0 Å². The number of methoxy groups -OCH3 is 1. The average Bonchev–Trinajstić information content (AvgIpc) is 2.37. The number of hydrogen-bond acceptors (Lipinski definition) is 5. The summed E-state index contributed by atoms with van der Waals surface area (Å²) in [7, 11) is 1.67. The molecule has 5 nitrogen and oxygen atoms in total. The van der Waals surface area contributed by atoms with Crippen LogP contribution in [0.5, 0.6) is 0 Å². The van der Waals surface area contributed by atoms with Crippen molar-refractivity contribution in [1.82, 2.24) is 0 Å². The van der Waals surface area contributed by atoms with E-state index in [1.807, 2.05) is 0 Å². The van der Waals surface area contributed by atoms with Crippen molar-refractivity contribution in [2.24, 2.45) is 11.8 Å². The van der Waals surface area contributed by atoms with Crippen molar-refractivity contribution in [3.8, 4) is 0 Å². The Hall–Kier alpha value is -1.10. The highest BCUT2D eigenvalue weighted by atomic mass is 16.6. The van der Waals surface area contributed by atoms with Gasteiger partial charge in [-0.3, -0.25) is 9.59 Å². The van der Waals surface area contributed by atoms with Crippen molar-refractivity contribution in [2.75, 3.05) is 7.11 Å². The first-order valence-corrected chi connectivity index (χ1v) is 7.78. The normalized spacial score (nSPS) is 22.7. The quantitative estimate of drug-likeness (QED) is 0.557. The van der Waals surface area contributed by atoms with Crippen LogP contribution in [-0.4, -0.2) is 37.4 Å². The Bertz CT molecular complexity index is 329. The van der Waals surface area contributed by atoms with Crippen LogP contribution >= 0.6 is 0 Å². The second-order valence-corrected chi connectivity index (χ2v) is 6.23. The summed E-state index contributed by atoms with van der Waals surface area (Å²) in [6.45, 7) is 7.12. The van der Waals surface area contributed by atoms with Gasteiger partial charge < -0.3 is 14.2 Å². The van der Waals surface area contributed by atoms with Crippen molar-refractivity contribution >= 4 is 11.9 Å². The third kappa shape index (κ3) is 5.65. The van der Waals surface area contributed by atoms with Crippen molar-refractivity contribution in [2.45, 2.75) is 71.7 Å². The van der Waals surface area contributed by atoms with Crippen LogP contribution in [0.4, 0.5) is 0 Å². The maximum absolute atomic E-state index is 12.3. The first kappa shape index (κ1) is 18.0. The Morgan fingerprint density at radius 3 is 1.90 bits per heavy atom. The molecule has 0 aromatic heterocycles. The lowest BCUT2D eigenvalue weighted by Crippen LogP contribution is -2.39. The summed E-state index contributed by atoms with van der Waals surface area (Å²) in [6, 6.07) is 0. The van der Waals surface area contributed by atoms with Crippen molar-refractivity contribution in [3.63, 3.8) is 0 Å². The third-order valence-corrected chi connectivity index (χ3v) is 3.68. The summed E-state index contributed by atoms with van der Waals surface area (Å²) in [5.41, 5.74) is 0. The second kappa shape index (κ2) is 8.37. The maximum Gasteiger partial charge on any atom is 0.320 e. The van der Waals surface area contributed by atoms with Gasteiger partial charge in [-0.05, 0) is 52.9 Å². The van der Waals surface area contributed by atoms with Gasteiger partial charge in [0.05, 0.1) is 18.3 Å². The zero-order valence-corrected chi connectivity index (χ0v) is 13.8. The van der Waals surface area contributed by atoms with E-state index in [9.17, 15) is 9.59 Å². The minimum Gasteiger partial charge on any atom is -0.462 e. The largest absolute Gasteiger partial charge is 0.462 e. The predicted molar refractivity (Wildman–Crippen MR) is 78.7 cm³/mol. The molecule has 1 aliphatic carbocycles. The minimum atomic E-state index is -0.840. The maximum atomic E-state index is 12.3. The van der Waals surface area contributed by atoms with Crippen LogP contribution in [-0.2, 0) is 23.8 Å². The molecule has 21 heavy (non-hydrogen) atoms. The number of rotatable bonds is 6. The highest BCUT2D eigenvalue weighted by Gasteiger charge is 2.40. The van der Waals surface area contributed by atoms with Crippen molar-refractivity contribution in [3.05, 3.63) is 0 Å². The molecular formula is C16H28O5. The summed E-state index contributed by atoms with van der Waals surface area (Å²) in [4.78, 5) is 24.6. The molecule has 2 unspecified atom stereocenters. The molecule has 1 rings (SSSR count). The average molecular weight is 300 g/mol. The van der Waals surface area contributed by atoms with Gasteiger partial charge in [0.25, 0.3) is 0 Å². The molecule has 1 saturated carbocycles. The van der Waals surface area contributed by atoms with Crippen LogP contribution in [0.3, 0.4) is 0 Å². The molecule has 2 atom stereocenters. The fourth-order valence-electron chi connectivity index (χ4n) is 2.79. The van der Waals surface area contributed by atoms with Gasteiger partial charge in [0.15, 0.2) is 5.92 Å². The molecule has 0 radical (unpaired) electrons. The smallest absolute Gasteiger partial charge is 0.320 e. The molecule has 0 saturated heterocycles.